The van der Waals surface area contributed by atoms with E-state index in [4.69, 9.17) is 80.3 Å². The minimum atomic E-state index is -0.259. The van der Waals surface area contributed by atoms with Crippen LogP contribution in [0.5, 0.6) is 11.5 Å². The van der Waals surface area contributed by atoms with E-state index >= 15 is 0 Å². The number of hydrogen-bond acceptors (Lipinski definition) is 6. The van der Waals surface area contributed by atoms with Crippen molar-refractivity contribution in [3.05, 3.63) is 123 Å². The monoisotopic (exact) mass is 704 g/mol. The second-order valence-electron chi connectivity index (χ2n) is 9.11. The van der Waals surface area contributed by atoms with Crippen LogP contribution in [0.3, 0.4) is 0 Å². The molecule has 0 saturated heterocycles. The van der Waals surface area contributed by atoms with Crippen LogP contribution in [-0.4, -0.2) is 33.3 Å². The molecular weight excluding hydrogens is 686 g/mol. The van der Waals surface area contributed by atoms with Crippen molar-refractivity contribution >= 4 is 92.6 Å². The van der Waals surface area contributed by atoms with Gasteiger partial charge in [-0.1, -0.05) is 70.7 Å². The number of nitrogens with one attached hydrogen (secondary N) is 2. The normalized spacial score (nSPS) is 10.9. The van der Waals surface area contributed by atoms with Crippen molar-refractivity contribution in [2.45, 2.75) is 0 Å². The van der Waals surface area contributed by atoms with Gasteiger partial charge in [0.15, 0.2) is 9.54 Å². The smallest absolute Gasteiger partial charge is 0.266 e. The van der Waals surface area contributed by atoms with E-state index < -0.39 is 0 Å². The Labute approximate surface area is 279 Å². The first-order valence-electron chi connectivity index (χ1n) is 12.6. The molecular formula is C30H20Cl4N4O4S2. The zero-order valence-corrected chi connectivity index (χ0v) is 27.4. The number of ether oxygens (including phenoxy) is 2. The molecule has 6 rings (SSSR count). The highest BCUT2D eigenvalue weighted by atomic mass is 35.5. The number of aromatic nitrogens is 4. The van der Waals surface area contributed by atoms with Gasteiger partial charge in [-0.25, -0.2) is 0 Å². The number of halogens is 4. The van der Waals surface area contributed by atoms with Gasteiger partial charge >= 0.3 is 0 Å². The molecule has 0 amide bonds. The number of H-pyrrole nitrogens is 2. The molecule has 0 saturated carbocycles. The second kappa shape index (κ2) is 13.2. The van der Waals surface area contributed by atoms with E-state index in [1.165, 1.54) is 35.5 Å². The zero-order valence-electron chi connectivity index (χ0n) is 22.8. The number of benzene rings is 4. The van der Waals surface area contributed by atoms with Gasteiger partial charge in [0.1, 0.15) is 11.5 Å². The third-order valence-electron chi connectivity index (χ3n) is 6.53. The second-order valence-corrected chi connectivity index (χ2v) is 11.5. The number of fused-ring (bicyclic) bond motifs is 2. The maximum Gasteiger partial charge on any atom is 0.266 e. The molecule has 224 valence electrons. The molecule has 2 heterocycles. The van der Waals surface area contributed by atoms with Crippen LogP contribution in [0, 0.1) is 9.54 Å². The van der Waals surface area contributed by atoms with E-state index in [1.807, 2.05) is 12.1 Å². The number of para-hydroxylation sites is 2. The quantitative estimate of drug-likeness (QED) is 0.178. The maximum atomic E-state index is 12.7. The summed E-state index contributed by atoms with van der Waals surface area (Å²) < 4.78 is 13.5. The van der Waals surface area contributed by atoms with Crippen LogP contribution in [0.1, 0.15) is 0 Å². The SMILES string of the molecule is COc1cc(-n2c(=S)[nH]c3ccccc3c2=O)c(Cl)cc1Cl.COc1cc(-n2c(=S)[nH]c3ccccc3c2=O)c(Cl)cc1Cl. The highest BCUT2D eigenvalue weighted by molar-refractivity contribution is 7.71. The fraction of sp³-hybridized carbons (Fsp3) is 0.0667. The first-order chi connectivity index (χ1) is 21.0. The summed E-state index contributed by atoms with van der Waals surface area (Å²) in [7, 11) is 2.98. The molecule has 6 aromatic rings. The van der Waals surface area contributed by atoms with Gasteiger partial charge in [-0.2, -0.15) is 0 Å². The van der Waals surface area contributed by atoms with Crippen LogP contribution in [0.15, 0.2) is 82.4 Å². The Balaban J connectivity index is 0.000000175. The molecule has 0 unspecified atom stereocenters. The molecule has 0 aliphatic carbocycles. The zero-order chi connectivity index (χ0) is 31.7. The molecule has 44 heavy (non-hydrogen) atoms. The number of nitrogens with zero attached hydrogens (tertiary/aromatic N) is 2. The Morgan fingerprint density at radius 3 is 1.32 bits per heavy atom. The molecule has 0 atom stereocenters. The lowest BCUT2D eigenvalue weighted by Crippen LogP contribution is -2.20. The van der Waals surface area contributed by atoms with E-state index in [0.717, 1.165) is 0 Å². The Hall–Kier alpha value is -3.64. The minimum absolute atomic E-state index is 0.245. The molecule has 0 bridgehead atoms. The standard InChI is InChI=1S/2C15H10Cl2N2O2S/c2*1-21-13-7-12(9(16)6-10(13)17)19-14(20)8-4-2-3-5-11(8)18-15(19)22/h2*2-7H,1H3,(H,18,22). The maximum absolute atomic E-state index is 12.7. The summed E-state index contributed by atoms with van der Waals surface area (Å²) in [6.45, 7) is 0. The lowest BCUT2D eigenvalue weighted by atomic mass is 10.2. The molecule has 0 fully saturated rings. The number of methoxy groups -OCH3 is 2. The van der Waals surface area contributed by atoms with Crippen molar-refractivity contribution in [1.29, 1.82) is 0 Å². The predicted octanol–water partition coefficient (Wildman–Crippen LogP) is 8.73. The molecule has 14 heteroatoms. The fourth-order valence-electron chi connectivity index (χ4n) is 4.45. The summed E-state index contributed by atoms with van der Waals surface area (Å²) in [5.74, 6) is 0.825. The highest BCUT2D eigenvalue weighted by Gasteiger charge is 2.15. The summed E-state index contributed by atoms with van der Waals surface area (Å²) in [6.07, 6.45) is 0. The minimum Gasteiger partial charge on any atom is -0.495 e. The van der Waals surface area contributed by atoms with E-state index in [0.29, 0.717) is 64.8 Å². The van der Waals surface area contributed by atoms with Crippen LogP contribution >= 0.6 is 70.8 Å². The van der Waals surface area contributed by atoms with Crippen molar-refractivity contribution in [2.24, 2.45) is 0 Å². The highest BCUT2D eigenvalue weighted by Crippen LogP contribution is 2.34. The van der Waals surface area contributed by atoms with E-state index in [-0.39, 0.29) is 20.7 Å². The largest absolute Gasteiger partial charge is 0.495 e. The third-order valence-corrected chi connectivity index (χ3v) is 8.30. The molecule has 8 nitrogen and oxygen atoms in total. The van der Waals surface area contributed by atoms with Gasteiger partial charge in [0.2, 0.25) is 0 Å². The van der Waals surface area contributed by atoms with Gasteiger partial charge in [0.05, 0.1) is 67.5 Å². The molecule has 2 aromatic heterocycles. The number of aromatic amines is 2. The number of rotatable bonds is 4. The summed E-state index contributed by atoms with van der Waals surface area (Å²) in [4.78, 5) is 31.5. The molecule has 0 radical (unpaired) electrons. The molecule has 0 aliphatic rings. The van der Waals surface area contributed by atoms with E-state index in [2.05, 4.69) is 9.97 Å². The van der Waals surface area contributed by atoms with Crippen molar-refractivity contribution in [3.63, 3.8) is 0 Å². The van der Waals surface area contributed by atoms with Crippen LogP contribution in [-0.2, 0) is 0 Å². The third kappa shape index (κ3) is 6.01. The average Bonchev–Trinajstić information content (AvgIpc) is 2.99. The molecule has 0 aliphatic heterocycles. The van der Waals surface area contributed by atoms with Crippen molar-refractivity contribution in [3.8, 4) is 22.9 Å². The van der Waals surface area contributed by atoms with Crippen LogP contribution in [0.2, 0.25) is 20.1 Å². The molecule has 2 N–H and O–H groups in total. The van der Waals surface area contributed by atoms with Crippen LogP contribution in [0.25, 0.3) is 33.2 Å². The van der Waals surface area contributed by atoms with Crippen molar-refractivity contribution in [1.82, 2.24) is 19.1 Å². The topological polar surface area (TPSA) is 94.0 Å². The molecule has 4 aromatic carbocycles. The first-order valence-corrected chi connectivity index (χ1v) is 14.9. The lowest BCUT2D eigenvalue weighted by Gasteiger charge is -2.12. The van der Waals surface area contributed by atoms with Gasteiger partial charge < -0.3 is 19.4 Å². The van der Waals surface area contributed by atoms with Crippen LogP contribution < -0.4 is 20.6 Å². The van der Waals surface area contributed by atoms with E-state index in [1.54, 1.807) is 48.5 Å². The van der Waals surface area contributed by atoms with Gasteiger partial charge in [0.25, 0.3) is 11.1 Å². The summed E-state index contributed by atoms with van der Waals surface area (Å²) in [5, 5.41) is 2.37. The molecule has 0 spiro atoms. The first kappa shape index (κ1) is 31.8. The fourth-order valence-corrected chi connectivity index (χ4v) is 6.13. The Morgan fingerprint density at radius 1 is 0.591 bits per heavy atom. The number of hydrogen-bond donors (Lipinski definition) is 2. The van der Waals surface area contributed by atoms with Gasteiger partial charge in [-0.15, -0.1) is 0 Å². The Bertz CT molecular complexity index is 2150. The average molecular weight is 706 g/mol. The van der Waals surface area contributed by atoms with Gasteiger partial charge in [-0.3, -0.25) is 18.7 Å². The Kier molecular flexibility index (Phi) is 9.50. The lowest BCUT2D eigenvalue weighted by molar-refractivity contribution is 0.414. The Morgan fingerprint density at radius 2 is 0.955 bits per heavy atom. The van der Waals surface area contributed by atoms with Gasteiger partial charge in [0, 0.05) is 12.1 Å². The van der Waals surface area contributed by atoms with Crippen LogP contribution in [0.4, 0.5) is 0 Å². The summed E-state index contributed by atoms with van der Waals surface area (Å²) >= 11 is 35.1. The summed E-state index contributed by atoms with van der Waals surface area (Å²) in [6, 6.07) is 20.5. The summed E-state index contributed by atoms with van der Waals surface area (Å²) in [5.41, 5.74) is 1.66. The van der Waals surface area contributed by atoms with Crippen molar-refractivity contribution < 1.29 is 9.47 Å². The van der Waals surface area contributed by atoms with Crippen molar-refractivity contribution in [2.75, 3.05) is 14.2 Å². The van der Waals surface area contributed by atoms with E-state index in [9.17, 15) is 9.59 Å². The van der Waals surface area contributed by atoms with Gasteiger partial charge in [-0.05, 0) is 60.8 Å². The predicted molar refractivity (Wildman–Crippen MR) is 183 cm³/mol.